The molecule has 0 radical (unpaired) electrons. The number of nitrogens with zero attached hydrogens (tertiary/aromatic N) is 3. The lowest BCUT2D eigenvalue weighted by Gasteiger charge is -2.28. The second-order valence-corrected chi connectivity index (χ2v) is 7.04. The van der Waals surface area contributed by atoms with E-state index in [1.54, 1.807) is 19.2 Å². The molecule has 0 saturated carbocycles. The fourth-order valence-corrected chi connectivity index (χ4v) is 3.97. The molecule has 3 aromatic rings. The minimum atomic E-state index is -0.800. The summed E-state index contributed by atoms with van der Waals surface area (Å²) >= 11 is 0. The van der Waals surface area contributed by atoms with Gasteiger partial charge in [-0.2, -0.15) is 0 Å². The number of aliphatic hydroxyl groups is 1. The lowest BCUT2D eigenvalue weighted by Crippen LogP contribution is -2.37. The minimum absolute atomic E-state index is 0.000111. The SMILES string of the molecule is CC1CCn2c(-c3cccc(F)c3)c3c(=O)n(C)c(=O)n(C)c3c2C1O. The van der Waals surface area contributed by atoms with Crippen LogP contribution in [0, 0.1) is 11.7 Å². The molecule has 7 heteroatoms. The fourth-order valence-electron chi connectivity index (χ4n) is 3.97. The van der Waals surface area contributed by atoms with Gasteiger partial charge in [0.2, 0.25) is 0 Å². The van der Waals surface area contributed by atoms with Crippen LogP contribution in [0.5, 0.6) is 0 Å². The van der Waals surface area contributed by atoms with E-state index in [4.69, 9.17) is 0 Å². The van der Waals surface area contributed by atoms with Crippen molar-refractivity contribution in [1.82, 2.24) is 13.7 Å². The van der Waals surface area contributed by atoms with Crippen molar-refractivity contribution < 1.29 is 9.50 Å². The molecular weight excluding hydrogens is 337 g/mol. The van der Waals surface area contributed by atoms with E-state index < -0.39 is 23.2 Å². The molecule has 0 aliphatic carbocycles. The van der Waals surface area contributed by atoms with Gasteiger partial charge in [-0.25, -0.2) is 9.18 Å². The van der Waals surface area contributed by atoms with E-state index in [0.717, 1.165) is 11.0 Å². The maximum absolute atomic E-state index is 13.9. The van der Waals surface area contributed by atoms with Crippen LogP contribution in [0.1, 0.15) is 25.1 Å². The van der Waals surface area contributed by atoms with E-state index >= 15 is 0 Å². The normalized spacial score (nSPS) is 19.7. The highest BCUT2D eigenvalue weighted by Gasteiger charge is 2.33. The summed E-state index contributed by atoms with van der Waals surface area (Å²) in [4.78, 5) is 25.4. The molecule has 136 valence electrons. The second-order valence-electron chi connectivity index (χ2n) is 7.04. The van der Waals surface area contributed by atoms with Crippen LogP contribution in [0.15, 0.2) is 33.9 Å². The number of fused-ring (bicyclic) bond motifs is 3. The van der Waals surface area contributed by atoms with Gasteiger partial charge >= 0.3 is 5.69 Å². The molecule has 0 spiro atoms. The molecule has 0 bridgehead atoms. The fraction of sp³-hybridized carbons (Fsp3) is 0.368. The van der Waals surface area contributed by atoms with Crippen molar-refractivity contribution in [2.24, 2.45) is 20.0 Å². The molecule has 1 aromatic carbocycles. The Bertz CT molecular complexity index is 1160. The summed E-state index contributed by atoms with van der Waals surface area (Å²) < 4.78 is 18.2. The molecule has 26 heavy (non-hydrogen) atoms. The van der Waals surface area contributed by atoms with Crippen LogP contribution in [0.3, 0.4) is 0 Å². The third-order valence-electron chi connectivity index (χ3n) is 5.43. The maximum atomic E-state index is 13.9. The van der Waals surface area contributed by atoms with E-state index in [0.29, 0.717) is 34.4 Å². The van der Waals surface area contributed by atoms with Gasteiger partial charge in [0.15, 0.2) is 0 Å². The molecular formula is C19H20FN3O3. The van der Waals surface area contributed by atoms with Gasteiger partial charge < -0.3 is 9.67 Å². The molecule has 0 fully saturated rings. The van der Waals surface area contributed by atoms with Crippen LogP contribution >= 0.6 is 0 Å². The highest BCUT2D eigenvalue weighted by molar-refractivity contribution is 5.96. The number of aryl methyl sites for hydroxylation is 1. The highest BCUT2D eigenvalue weighted by Crippen LogP contribution is 2.41. The Kier molecular flexibility index (Phi) is 3.66. The molecule has 1 N–H and O–H groups in total. The zero-order valence-electron chi connectivity index (χ0n) is 14.9. The molecule has 2 aromatic heterocycles. The first-order valence-electron chi connectivity index (χ1n) is 8.59. The Labute approximate surface area is 148 Å². The molecule has 0 saturated heterocycles. The van der Waals surface area contributed by atoms with Gasteiger partial charge in [0.05, 0.1) is 28.4 Å². The number of aliphatic hydroxyl groups excluding tert-OH is 1. The third-order valence-corrected chi connectivity index (χ3v) is 5.43. The lowest BCUT2D eigenvalue weighted by molar-refractivity contribution is 0.0875. The van der Waals surface area contributed by atoms with Crippen molar-refractivity contribution in [3.8, 4) is 11.3 Å². The molecule has 1 aliphatic heterocycles. The summed E-state index contributed by atoms with van der Waals surface area (Å²) in [5.74, 6) is -0.405. The summed E-state index contributed by atoms with van der Waals surface area (Å²) in [6.07, 6.45) is -0.0718. The van der Waals surface area contributed by atoms with Gasteiger partial charge in [-0.3, -0.25) is 13.9 Å². The molecule has 2 unspecified atom stereocenters. The van der Waals surface area contributed by atoms with Gasteiger partial charge in [0, 0.05) is 26.2 Å². The first kappa shape index (κ1) is 16.8. The van der Waals surface area contributed by atoms with E-state index in [1.807, 2.05) is 11.5 Å². The lowest BCUT2D eigenvalue weighted by atomic mass is 9.94. The van der Waals surface area contributed by atoms with E-state index in [-0.39, 0.29) is 5.92 Å². The Morgan fingerprint density at radius 1 is 1.19 bits per heavy atom. The predicted molar refractivity (Wildman–Crippen MR) is 96.6 cm³/mol. The van der Waals surface area contributed by atoms with Gasteiger partial charge in [0.25, 0.3) is 5.56 Å². The van der Waals surface area contributed by atoms with E-state index in [2.05, 4.69) is 0 Å². The standard InChI is InChI=1S/C19H20FN3O3/c1-10-7-8-23-14(11-5-4-6-12(20)9-11)13-15(16(23)17(10)24)21(2)19(26)22(3)18(13)25/h4-6,9-10,17,24H,7-8H2,1-3H3. The number of rotatable bonds is 1. The number of benzene rings is 1. The van der Waals surface area contributed by atoms with Gasteiger partial charge in [-0.05, 0) is 24.5 Å². The second kappa shape index (κ2) is 5.67. The zero-order valence-corrected chi connectivity index (χ0v) is 14.9. The van der Waals surface area contributed by atoms with Gasteiger partial charge in [0.1, 0.15) is 5.82 Å². The average Bonchev–Trinajstić information content (AvgIpc) is 2.97. The third kappa shape index (κ3) is 2.13. The topological polar surface area (TPSA) is 69.2 Å². The minimum Gasteiger partial charge on any atom is -0.387 e. The van der Waals surface area contributed by atoms with Crippen LogP contribution in [0.2, 0.25) is 0 Å². The smallest absolute Gasteiger partial charge is 0.331 e. The van der Waals surface area contributed by atoms with Crippen LogP contribution in [0.25, 0.3) is 22.2 Å². The summed E-state index contributed by atoms with van der Waals surface area (Å²) in [7, 11) is 3.02. The highest BCUT2D eigenvalue weighted by atomic mass is 19.1. The van der Waals surface area contributed by atoms with Crippen LogP contribution in [-0.4, -0.2) is 18.8 Å². The van der Waals surface area contributed by atoms with Crippen LogP contribution < -0.4 is 11.2 Å². The average molecular weight is 357 g/mol. The number of hydrogen-bond donors (Lipinski definition) is 1. The monoisotopic (exact) mass is 357 g/mol. The van der Waals surface area contributed by atoms with Crippen LogP contribution in [0.4, 0.5) is 4.39 Å². The zero-order chi connectivity index (χ0) is 18.7. The Balaban J connectivity index is 2.26. The largest absolute Gasteiger partial charge is 0.387 e. The Morgan fingerprint density at radius 3 is 2.62 bits per heavy atom. The predicted octanol–water partition coefficient (Wildman–Crippen LogP) is 1.92. The number of halogens is 1. The molecule has 1 aliphatic rings. The first-order chi connectivity index (χ1) is 12.3. The maximum Gasteiger partial charge on any atom is 0.331 e. The van der Waals surface area contributed by atoms with Crippen molar-refractivity contribution in [2.75, 3.05) is 0 Å². The van der Waals surface area contributed by atoms with Gasteiger partial charge in [-0.1, -0.05) is 19.1 Å². The Morgan fingerprint density at radius 2 is 1.92 bits per heavy atom. The van der Waals surface area contributed by atoms with Crippen molar-refractivity contribution in [3.05, 3.63) is 56.6 Å². The van der Waals surface area contributed by atoms with Crippen LogP contribution in [-0.2, 0) is 20.6 Å². The summed E-state index contributed by atoms with van der Waals surface area (Å²) in [6, 6.07) is 6.04. The summed E-state index contributed by atoms with van der Waals surface area (Å²) in [6.45, 7) is 2.53. The Hall–Kier alpha value is -2.67. The summed E-state index contributed by atoms with van der Waals surface area (Å²) in [5.41, 5.74) is 1.19. The van der Waals surface area contributed by atoms with Crippen molar-refractivity contribution >= 4 is 10.9 Å². The van der Waals surface area contributed by atoms with Crippen molar-refractivity contribution in [1.29, 1.82) is 0 Å². The van der Waals surface area contributed by atoms with Gasteiger partial charge in [-0.15, -0.1) is 0 Å². The molecule has 0 amide bonds. The number of aromatic nitrogens is 3. The van der Waals surface area contributed by atoms with Crippen molar-refractivity contribution in [2.45, 2.75) is 26.0 Å². The summed E-state index contributed by atoms with van der Waals surface area (Å²) in [5, 5.41) is 11.1. The van der Waals surface area contributed by atoms with E-state index in [1.165, 1.54) is 23.7 Å². The molecule has 2 atom stereocenters. The molecule has 6 nitrogen and oxygen atoms in total. The molecule has 3 heterocycles. The van der Waals surface area contributed by atoms with Crippen molar-refractivity contribution in [3.63, 3.8) is 0 Å². The first-order valence-corrected chi connectivity index (χ1v) is 8.59. The number of hydrogen-bond acceptors (Lipinski definition) is 3. The van der Waals surface area contributed by atoms with E-state index in [9.17, 15) is 19.1 Å². The quantitative estimate of drug-likeness (QED) is 0.723. The molecule has 4 rings (SSSR count).